The summed E-state index contributed by atoms with van der Waals surface area (Å²) in [7, 11) is 0. The van der Waals surface area contributed by atoms with Crippen LogP contribution in [-0.4, -0.2) is 4.98 Å². The topological polar surface area (TPSA) is 12.9 Å². The van der Waals surface area contributed by atoms with Gasteiger partial charge in [0.15, 0.2) is 5.82 Å². The van der Waals surface area contributed by atoms with Crippen LogP contribution in [0.15, 0.2) is 6.07 Å². The van der Waals surface area contributed by atoms with Gasteiger partial charge in [-0.15, -0.1) is 0 Å². The molecule has 0 unspecified atom stereocenters. The quantitative estimate of drug-likeness (QED) is 0.501. The molecule has 0 amide bonds. The van der Waals surface area contributed by atoms with Gasteiger partial charge in [0.25, 0.3) is 5.95 Å². The fourth-order valence-corrected chi connectivity index (χ4v) is 5.32. The number of aromatic nitrogens is 1. The Morgan fingerprint density at radius 2 is 1.35 bits per heavy atom. The molecule has 0 bridgehead atoms. The van der Waals surface area contributed by atoms with Crippen LogP contribution in [0.5, 0.6) is 0 Å². The van der Waals surface area contributed by atoms with Gasteiger partial charge in [0, 0.05) is 5.56 Å². The van der Waals surface area contributed by atoms with Gasteiger partial charge < -0.3 is 0 Å². The molecular formula is C22H32F3N. The zero-order valence-corrected chi connectivity index (χ0v) is 16.0. The Hall–Kier alpha value is -1.06. The SMILES string of the molecule is CCC[C@H]1CC[C@H]([C@H]2CC[C@H](CCc3cc(F)c(F)nc3F)CC2)CC1. The molecule has 0 radical (unpaired) electrons. The highest BCUT2D eigenvalue weighted by atomic mass is 19.2. The molecule has 0 aromatic carbocycles. The van der Waals surface area contributed by atoms with E-state index >= 15 is 0 Å². The van der Waals surface area contributed by atoms with E-state index in [1.54, 1.807) is 0 Å². The summed E-state index contributed by atoms with van der Waals surface area (Å²) in [6, 6.07) is 0.970. The van der Waals surface area contributed by atoms with Crippen molar-refractivity contribution in [2.75, 3.05) is 0 Å². The molecule has 2 aliphatic rings. The van der Waals surface area contributed by atoms with E-state index in [1.165, 1.54) is 64.2 Å². The van der Waals surface area contributed by atoms with E-state index in [4.69, 9.17) is 0 Å². The Morgan fingerprint density at radius 1 is 0.808 bits per heavy atom. The second-order valence-electron chi connectivity index (χ2n) is 8.60. The van der Waals surface area contributed by atoms with Crippen LogP contribution in [0.1, 0.15) is 83.1 Å². The number of nitrogens with zero attached hydrogens (tertiary/aromatic N) is 1. The molecule has 146 valence electrons. The van der Waals surface area contributed by atoms with Crippen molar-refractivity contribution in [1.82, 2.24) is 4.98 Å². The minimum atomic E-state index is -1.35. The average molecular weight is 367 g/mol. The van der Waals surface area contributed by atoms with Crippen molar-refractivity contribution in [3.05, 3.63) is 29.3 Å². The van der Waals surface area contributed by atoms with Gasteiger partial charge in [-0.05, 0) is 68.3 Å². The molecule has 2 fully saturated rings. The maximum absolute atomic E-state index is 13.7. The lowest BCUT2D eigenvalue weighted by atomic mass is 9.68. The Morgan fingerprint density at radius 3 is 1.88 bits per heavy atom. The molecule has 1 aromatic rings. The molecular weight excluding hydrogens is 335 g/mol. The zero-order chi connectivity index (χ0) is 18.5. The van der Waals surface area contributed by atoms with E-state index in [-0.39, 0.29) is 5.56 Å². The summed E-state index contributed by atoms with van der Waals surface area (Å²) in [5.74, 6) is 0.0698. The highest BCUT2D eigenvalue weighted by Crippen LogP contribution is 2.42. The molecule has 2 saturated carbocycles. The first kappa shape index (κ1) is 19.7. The van der Waals surface area contributed by atoms with Crippen molar-refractivity contribution >= 4 is 0 Å². The largest absolute Gasteiger partial charge is 0.251 e. The van der Waals surface area contributed by atoms with Gasteiger partial charge in [0.05, 0.1) is 0 Å². The van der Waals surface area contributed by atoms with Gasteiger partial charge in [0.2, 0.25) is 5.95 Å². The number of hydrogen-bond acceptors (Lipinski definition) is 1. The van der Waals surface area contributed by atoms with Crippen molar-refractivity contribution in [3.63, 3.8) is 0 Å². The Labute approximate surface area is 155 Å². The minimum absolute atomic E-state index is 0.209. The summed E-state index contributed by atoms with van der Waals surface area (Å²) in [4.78, 5) is 3.02. The lowest BCUT2D eigenvalue weighted by Crippen LogP contribution is -2.26. The summed E-state index contributed by atoms with van der Waals surface area (Å²) in [6.45, 7) is 2.29. The van der Waals surface area contributed by atoms with E-state index in [1.807, 2.05) is 0 Å². The van der Waals surface area contributed by atoms with E-state index in [0.29, 0.717) is 12.3 Å². The normalized spacial score (nSPS) is 29.7. The van der Waals surface area contributed by atoms with Crippen LogP contribution in [-0.2, 0) is 6.42 Å². The Kier molecular flexibility index (Phi) is 6.99. The molecule has 0 N–H and O–H groups in total. The molecule has 0 spiro atoms. The maximum Gasteiger partial charge on any atom is 0.251 e. The molecule has 0 atom stereocenters. The Balaban J connectivity index is 1.41. The van der Waals surface area contributed by atoms with E-state index < -0.39 is 17.7 Å². The molecule has 2 aliphatic carbocycles. The highest BCUT2D eigenvalue weighted by molar-refractivity contribution is 5.13. The number of aryl methyl sites for hydroxylation is 1. The third kappa shape index (κ3) is 5.01. The number of halogens is 3. The molecule has 0 saturated heterocycles. The fraction of sp³-hybridized carbons (Fsp3) is 0.773. The van der Waals surface area contributed by atoms with Crippen molar-refractivity contribution in [1.29, 1.82) is 0 Å². The minimum Gasteiger partial charge on any atom is -0.202 e. The van der Waals surface area contributed by atoms with Gasteiger partial charge in [-0.1, -0.05) is 45.4 Å². The molecule has 26 heavy (non-hydrogen) atoms. The number of rotatable bonds is 6. The Bertz CT molecular complexity index is 573. The summed E-state index contributed by atoms with van der Waals surface area (Å²) < 4.78 is 39.8. The molecule has 3 rings (SSSR count). The average Bonchev–Trinajstić information content (AvgIpc) is 2.65. The van der Waals surface area contributed by atoms with Crippen LogP contribution in [0.25, 0.3) is 0 Å². The van der Waals surface area contributed by atoms with Crippen molar-refractivity contribution in [2.24, 2.45) is 23.7 Å². The smallest absolute Gasteiger partial charge is 0.202 e. The number of pyridine rings is 1. The van der Waals surface area contributed by atoms with Gasteiger partial charge in [-0.3, -0.25) is 0 Å². The molecule has 0 aliphatic heterocycles. The second-order valence-corrected chi connectivity index (χ2v) is 8.60. The van der Waals surface area contributed by atoms with Gasteiger partial charge in [0.1, 0.15) is 0 Å². The first-order chi connectivity index (χ1) is 12.6. The number of hydrogen-bond donors (Lipinski definition) is 0. The fourth-order valence-electron chi connectivity index (χ4n) is 5.32. The lowest BCUT2D eigenvalue weighted by molar-refractivity contribution is 0.141. The van der Waals surface area contributed by atoms with Crippen molar-refractivity contribution in [3.8, 4) is 0 Å². The van der Waals surface area contributed by atoms with E-state index in [0.717, 1.165) is 30.2 Å². The summed E-state index contributed by atoms with van der Waals surface area (Å²) in [5.41, 5.74) is 0.209. The molecule has 4 heteroatoms. The van der Waals surface area contributed by atoms with E-state index in [2.05, 4.69) is 11.9 Å². The van der Waals surface area contributed by atoms with Crippen LogP contribution in [0.4, 0.5) is 13.2 Å². The van der Waals surface area contributed by atoms with Gasteiger partial charge in [-0.25, -0.2) is 4.39 Å². The standard InChI is InChI=1S/C22H32F3N/c1-2-3-15-4-9-17(10-5-15)18-11-6-16(7-12-18)8-13-19-14-20(23)22(25)26-21(19)24/h14-18H,2-13H2,1H3/t15-,16-,17-,18-. The summed E-state index contributed by atoms with van der Waals surface area (Å²) in [5, 5.41) is 0. The van der Waals surface area contributed by atoms with Crippen LogP contribution < -0.4 is 0 Å². The third-order valence-electron chi connectivity index (χ3n) is 6.93. The lowest BCUT2D eigenvalue weighted by Gasteiger charge is -2.38. The monoisotopic (exact) mass is 367 g/mol. The van der Waals surface area contributed by atoms with E-state index in [9.17, 15) is 13.2 Å². The predicted molar refractivity (Wildman–Crippen MR) is 98.2 cm³/mol. The molecule has 1 nitrogen and oxygen atoms in total. The molecule has 1 heterocycles. The first-order valence-electron chi connectivity index (χ1n) is 10.6. The van der Waals surface area contributed by atoms with Gasteiger partial charge >= 0.3 is 0 Å². The van der Waals surface area contributed by atoms with Crippen molar-refractivity contribution < 1.29 is 13.2 Å². The molecule has 1 aromatic heterocycles. The summed E-state index contributed by atoms with van der Waals surface area (Å²) >= 11 is 0. The maximum atomic E-state index is 13.7. The van der Waals surface area contributed by atoms with Crippen LogP contribution >= 0.6 is 0 Å². The first-order valence-corrected chi connectivity index (χ1v) is 10.6. The third-order valence-corrected chi connectivity index (χ3v) is 6.93. The highest BCUT2D eigenvalue weighted by Gasteiger charge is 2.30. The van der Waals surface area contributed by atoms with Crippen LogP contribution in [0, 0.1) is 41.4 Å². The summed E-state index contributed by atoms with van der Waals surface area (Å²) in [6.07, 6.45) is 14.6. The second kappa shape index (κ2) is 9.23. The van der Waals surface area contributed by atoms with Gasteiger partial charge in [-0.2, -0.15) is 13.8 Å². The zero-order valence-electron chi connectivity index (χ0n) is 16.0. The van der Waals surface area contributed by atoms with Crippen LogP contribution in [0.3, 0.4) is 0 Å². The predicted octanol–water partition coefficient (Wildman–Crippen LogP) is 6.84. The van der Waals surface area contributed by atoms with Crippen LogP contribution in [0.2, 0.25) is 0 Å². The van der Waals surface area contributed by atoms with Crippen molar-refractivity contribution in [2.45, 2.75) is 84.0 Å².